The molecule has 0 spiro atoms. The van der Waals surface area contributed by atoms with Crippen LogP contribution < -0.4 is 4.90 Å². The lowest BCUT2D eigenvalue weighted by Crippen LogP contribution is -2.46. The number of hydrogen-bond donors (Lipinski definition) is 0. The van der Waals surface area contributed by atoms with Crippen LogP contribution in [0.4, 0.5) is 5.82 Å². The molecular weight excluding hydrogens is 352 g/mol. The summed E-state index contributed by atoms with van der Waals surface area (Å²) in [4.78, 5) is 13.6. The fourth-order valence-electron chi connectivity index (χ4n) is 4.72. The monoisotopic (exact) mass is 384 g/mol. The third-order valence-corrected chi connectivity index (χ3v) is 6.27. The fraction of sp³-hybridized carbons (Fsp3) is 0.667. The molecule has 7 nitrogen and oxygen atoms in total. The molecule has 4 rings (SSSR count). The summed E-state index contributed by atoms with van der Waals surface area (Å²) in [5, 5.41) is 4.46. The number of rotatable bonds is 6. The van der Waals surface area contributed by atoms with Gasteiger partial charge in [0.25, 0.3) is 0 Å². The Morgan fingerprint density at radius 3 is 2.79 bits per heavy atom. The molecular formula is C21H32N6O. The summed E-state index contributed by atoms with van der Waals surface area (Å²) in [6.45, 7) is 7.06. The Kier molecular flexibility index (Phi) is 6.22. The van der Waals surface area contributed by atoms with E-state index in [0.717, 1.165) is 57.9 Å². The highest BCUT2D eigenvalue weighted by Crippen LogP contribution is 2.35. The van der Waals surface area contributed by atoms with Gasteiger partial charge in [0.05, 0.1) is 11.9 Å². The zero-order valence-corrected chi connectivity index (χ0v) is 17.1. The van der Waals surface area contributed by atoms with Gasteiger partial charge in [-0.2, -0.15) is 5.10 Å². The smallest absolute Gasteiger partial charge is 0.147 e. The van der Waals surface area contributed by atoms with Crippen LogP contribution >= 0.6 is 0 Å². The average molecular weight is 385 g/mol. The van der Waals surface area contributed by atoms with Gasteiger partial charge in [-0.05, 0) is 45.7 Å². The van der Waals surface area contributed by atoms with E-state index in [1.54, 1.807) is 12.4 Å². The van der Waals surface area contributed by atoms with Gasteiger partial charge in [-0.1, -0.05) is 0 Å². The van der Waals surface area contributed by atoms with Crippen molar-refractivity contribution in [3.8, 4) is 0 Å². The van der Waals surface area contributed by atoms with Gasteiger partial charge in [-0.25, -0.2) is 4.98 Å². The summed E-state index contributed by atoms with van der Waals surface area (Å²) in [5.74, 6) is 1.52. The first-order valence-corrected chi connectivity index (χ1v) is 10.6. The van der Waals surface area contributed by atoms with Crippen molar-refractivity contribution in [1.29, 1.82) is 0 Å². The van der Waals surface area contributed by atoms with Crippen LogP contribution in [-0.4, -0.2) is 64.0 Å². The molecule has 0 unspecified atom stereocenters. The van der Waals surface area contributed by atoms with Crippen molar-refractivity contribution in [2.45, 2.75) is 51.3 Å². The highest BCUT2D eigenvalue weighted by atomic mass is 16.5. The molecule has 2 aliphatic heterocycles. The Hall–Kier alpha value is -1.99. The summed E-state index contributed by atoms with van der Waals surface area (Å²) in [6, 6.07) is 2.75. The lowest BCUT2D eigenvalue weighted by atomic mass is 9.90. The molecule has 0 N–H and O–H groups in total. The first-order valence-electron chi connectivity index (χ1n) is 10.6. The van der Waals surface area contributed by atoms with Gasteiger partial charge < -0.3 is 14.5 Å². The highest BCUT2D eigenvalue weighted by molar-refractivity contribution is 5.35. The van der Waals surface area contributed by atoms with E-state index in [-0.39, 0.29) is 6.10 Å². The third kappa shape index (κ3) is 4.20. The number of nitrogens with zero attached hydrogens (tertiary/aromatic N) is 6. The Labute approximate surface area is 167 Å². The molecule has 28 heavy (non-hydrogen) atoms. The summed E-state index contributed by atoms with van der Waals surface area (Å²) in [5.41, 5.74) is 1.23. The van der Waals surface area contributed by atoms with E-state index in [1.807, 2.05) is 12.4 Å². The second-order valence-electron chi connectivity index (χ2n) is 7.99. The first-order chi connectivity index (χ1) is 13.8. The Balaban J connectivity index is 1.35. The SMILES string of the molecule is CCn1nccc1[C@@H]1OCCC[C@H]1CN(C)C1CCN(c2cnccn2)CC1. The van der Waals surface area contributed by atoms with Crippen LogP contribution in [0.5, 0.6) is 0 Å². The van der Waals surface area contributed by atoms with Crippen LogP contribution in [0, 0.1) is 5.92 Å². The van der Waals surface area contributed by atoms with E-state index in [2.05, 4.69) is 49.6 Å². The fourth-order valence-corrected chi connectivity index (χ4v) is 4.72. The number of hydrogen-bond acceptors (Lipinski definition) is 6. The van der Waals surface area contributed by atoms with E-state index < -0.39 is 0 Å². The van der Waals surface area contributed by atoms with E-state index in [1.165, 1.54) is 12.1 Å². The molecule has 152 valence electrons. The van der Waals surface area contributed by atoms with Gasteiger partial charge in [0.15, 0.2) is 0 Å². The maximum Gasteiger partial charge on any atom is 0.147 e. The van der Waals surface area contributed by atoms with E-state index >= 15 is 0 Å². The minimum Gasteiger partial charge on any atom is -0.372 e. The van der Waals surface area contributed by atoms with Crippen molar-refractivity contribution >= 4 is 5.82 Å². The first kappa shape index (κ1) is 19.3. The summed E-state index contributed by atoms with van der Waals surface area (Å²) in [7, 11) is 2.28. The molecule has 0 amide bonds. The van der Waals surface area contributed by atoms with Crippen molar-refractivity contribution in [3.63, 3.8) is 0 Å². The predicted octanol–water partition coefficient (Wildman–Crippen LogP) is 2.76. The maximum absolute atomic E-state index is 6.23. The number of piperidine rings is 1. The molecule has 0 aromatic carbocycles. The summed E-state index contributed by atoms with van der Waals surface area (Å²) in [6.07, 6.45) is 12.2. The maximum atomic E-state index is 6.23. The molecule has 2 aliphatic rings. The van der Waals surface area contributed by atoms with Gasteiger partial charge in [0, 0.05) is 63.3 Å². The average Bonchev–Trinajstić information content (AvgIpc) is 3.23. The quantitative estimate of drug-likeness (QED) is 0.763. The lowest BCUT2D eigenvalue weighted by molar-refractivity contribution is -0.0454. The molecule has 4 heterocycles. The van der Waals surface area contributed by atoms with Gasteiger partial charge in [-0.15, -0.1) is 0 Å². The minimum atomic E-state index is 0.165. The molecule has 2 aromatic heterocycles. The molecule has 2 saturated heterocycles. The number of ether oxygens (including phenoxy) is 1. The third-order valence-electron chi connectivity index (χ3n) is 6.27. The van der Waals surface area contributed by atoms with Crippen LogP contribution in [0.3, 0.4) is 0 Å². The molecule has 2 aromatic rings. The summed E-state index contributed by atoms with van der Waals surface area (Å²) >= 11 is 0. The van der Waals surface area contributed by atoms with Crippen LogP contribution in [0.25, 0.3) is 0 Å². The minimum absolute atomic E-state index is 0.165. The highest BCUT2D eigenvalue weighted by Gasteiger charge is 2.32. The molecule has 0 bridgehead atoms. The van der Waals surface area contributed by atoms with Crippen LogP contribution in [0.2, 0.25) is 0 Å². The van der Waals surface area contributed by atoms with Crippen molar-refractivity contribution in [2.24, 2.45) is 5.92 Å². The molecule has 0 aliphatic carbocycles. The molecule has 2 atom stereocenters. The standard InChI is InChI=1S/C21H32N6O/c1-3-27-19(6-9-24-27)21-17(5-4-14-28-21)16-25(2)18-7-12-26(13-8-18)20-15-22-10-11-23-20/h6,9-11,15,17-18,21H,3-5,7-8,12-14,16H2,1-2H3/t17-,21+/m0/s1. The van der Waals surface area contributed by atoms with Gasteiger partial charge >= 0.3 is 0 Å². The van der Waals surface area contributed by atoms with E-state index in [4.69, 9.17) is 4.74 Å². The van der Waals surface area contributed by atoms with Crippen molar-refractivity contribution in [3.05, 3.63) is 36.5 Å². The Morgan fingerprint density at radius 2 is 2.04 bits per heavy atom. The predicted molar refractivity (Wildman–Crippen MR) is 109 cm³/mol. The number of aryl methyl sites for hydroxylation is 1. The van der Waals surface area contributed by atoms with E-state index in [0.29, 0.717) is 12.0 Å². The Bertz CT molecular complexity index is 728. The zero-order valence-electron chi connectivity index (χ0n) is 17.1. The Morgan fingerprint density at radius 1 is 1.18 bits per heavy atom. The molecule has 0 radical (unpaired) electrons. The van der Waals surface area contributed by atoms with Crippen molar-refractivity contribution in [2.75, 3.05) is 38.2 Å². The molecule has 0 saturated carbocycles. The second kappa shape index (κ2) is 9.01. The molecule has 7 heteroatoms. The van der Waals surface area contributed by atoms with Crippen LogP contribution in [-0.2, 0) is 11.3 Å². The van der Waals surface area contributed by atoms with Gasteiger partial charge in [-0.3, -0.25) is 9.67 Å². The van der Waals surface area contributed by atoms with Crippen LogP contribution in [0.15, 0.2) is 30.9 Å². The topological polar surface area (TPSA) is 59.3 Å². The van der Waals surface area contributed by atoms with Crippen molar-refractivity contribution < 1.29 is 4.74 Å². The normalized spacial score (nSPS) is 24.0. The number of aromatic nitrogens is 4. The van der Waals surface area contributed by atoms with Crippen LogP contribution in [0.1, 0.15) is 44.4 Å². The van der Waals surface area contributed by atoms with E-state index in [9.17, 15) is 0 Å². The largest absolute Gasteiger partial charge is 0.372 e. The summed E-state index contributed by atoms with van der Waals surface area (Å²) < 4.78 is 8.32. The molecule has 2 fully saturated rings. The van der Waals surface area contributed by atoms with Crippen molar-refractivity contribution in [1.82, 2.24) is 24.6 Å². The zero-order chi connectivity index (χ0) is 19.3. The van der Waals surface area contributed by atoms with Gasteiger partial charge in [0.1, 0.15) is 11.9 Å². The van der Waals surface area contributed by atoms with Gasteiger partial charge in [0.2, 0.25) is 0 Å². The number of anilines is 1. The lowest BCUT2D eigenvalue weighted by Gasteiger charge is -2.40. The second-order valence-corrected chi connectivity index (χ2v) is 7.99.